The minimum absolute atomic E-state index is 0.0605. The highest BCUT2D eigenvalue weighted by atomic mass is 16.2. The number of rotatable bonds is 5. The number of nitrogens with zero attached hydrogens (tertiary/aromatic N) is 3. The molecule has 2 rings (SSSR count). The van der Waals surface area contributed by atoms with Gasteiger partial charge in [0, 0.05) is 45.3 Å². The summed E-state index contributed by atoms with van der Waals surface area (Å²) in [4.78, 5) is 32.6. The summed E-state index contributed by atoms with van der Waals surface area (Å²) in [7, 11) is 0. The van der Waals surface area contributed by atoms with Crippen LogP contribution in [0.5, 0.6) is 0 Å². The molecule has 138 valence electrons. The van der Waals surface area contributed by atoms with Gasteiger partial charge in [-0.15, -0.1) is 0 Å². The Morgan fingerprint density at radius 1 is 1.24 bits per heavy atom. The van der Waals surface area contributed by atoms with E-state index in [4.69, 9.17) is 5.73 Å². The summed E-state index contributed by atoms with van der Waals surface area (Å²) in [6.45, 7) is 8.96. The van der Waals surface area contributed by atoms with Crippen LogP contribution >= 0.6 is 0 Å². The van der Waals surface area contributed by atoms with Crippen LogP contribution < -0.4 is 16.0 Å². The van der Waals surface area contributed by atoms with Crippen molar-refractivity contribution in [3.05, 3.63) is 24.4 Å². The number of pyridine rings is 1. The fourth-order valence-electron chi connectivity index (χ4n) is 2.68. The van der Waals surface area contributed by atoms with Gasteiger partial charge < -0.3 is 20.9 Å². The number of amides is 2. The number of piperazine rings is 1. The Hall–Kier alpha value is -2.15. The van der Waals surface area contributed by atoms with Crippen molar-refractivity contribution >= 4 is 17.6 Å². The van der Waals surface area contributed by atoms with Crippen LogP contribution in [0.1, 0.15) is 27.2 Å². The van der Waals surface area contributed by atoms with E-state index >= 15 is 0 Å². The number of aromatic nitrogens is 1. The lowest BCUT2D eigenvalue weighted by Gasteiger charge is -2.35. The molecule has 3 N–H and O–H groups in total. The first-order chi connectivity index (χ1) is 11.8. The monoisotopic (exact) mass is 347 g/mol. The zero-order valence-electron chi connectivity index (χ0n) is 15.4. The van der Waals surface area contributed by atoms with Crippen molar-refractivity contribution < 1.29 is 9.59 Å². The minimum Gasteiger partial charge on any atom is -0.354 e. The Morgan fingerprint density at radius 2 is 1.92 bits per heavy atom. The number of hydrogen-bond acceptors (Lipinski definition) is 5. The lowest BCUT2D eigenvalue weighted by Crippen LogP contribution is -2.51. The Labute approximate surface area is 149 Å². The van der Waals surface area contributed by atoms with Crippen molar-refractivity contribution in [2.75, 3.05) is 37.6 Å². The molecule has 25 heavy (non-hydrogen) atoms. The summed E-state index contributed by atoms with van der Waals surface area (Å²) in [5.41, 5.74) is 5.61. The maximum atomic E-state index is 12.3. The number of nitrogens with two attached hydrogens (primary N) is 1. The van der Waals surface area contributed by atoms with E-state index < -0.39 is 6.04 Å². The number of hydrogen-bond donors (Lipinski definition) is 2. The van der Waals surface area contributed by atoms with Gasteiger partial charge in [-0.2, -0.15) is 0 Å². The molecule has 0 spiro atoms. The highest BCUT2D eigenvalue weighted by molar-refractivity contribution is 5.83. The van der Waals surface area contributed by atoms with Crippen molar-refractivity contribution in [3.63, 3.8) is 0 Å². The zero-order valence-corrected chi connectivity index (χ0v) is 15.4. The van der Waals surface area contributed by atoms with Gasteiger partial charge in [-0.25, -0.2) is 4.98 Å². The lowest BCUT2D eigenvalue weighted by molar-refractivity contribution is -0.131. The van der Waals surface area contributed by atoms with Crippen LogP contribution in [0.15, 0.2) is 24.4 Å². The molecule has 0 saturated carbocycles. The highest BCUT2D eigenvalue weighted by Gasteiger charge is 2.27. The van der Waals surface area contributed by atoms with Crippen LogP contribution in [0.4, 0.5) is 5.82 Å². The van der Waals surface area contributed by atoms with Crippen LogP contribution in [0.2, 0.25) is 0 Å². The Kier molecular flexibility index (Phi) is 6.36. The Morgan fingerprint density at radius 3 is 2.48 bits per heavy atom. The maximum Gasteiger partial charge on any atom is 0.237 e. The van der Waals surface area contributed by atoms with Gasteiger partial charge in [-0.3, -0.25) is 9.59 Å². The summed E-state index contributed by atoms with van der Waals surface area (Å²) in [6.07, 6.45) is 2.07. The van der Waals surface area contributed by atoms with E-state index in [0.717, 1.165) is 18.9 Å². The first-order valence-corrected chi connectivity index (χ1v) is 8.76. The second kappa shape index (κ2) is 8.29. The molecule has 1 aliphatic heterocycles. The third kappa shape index (κ3) is 5.42. The fourth-order valence-corrected chi connectivity index (χ4v) is 2.68. The normalized spacial score (nSPS) is 16.5. The average molecular weight is 347 g/mol. The second-order valence-electron chi connectivity index (χ2n) is 7.44. The van der Waals surface area contributed by atoms with E-state index in [-0.39, 0.29) is 17.2 Å². The molecule has 0 radical (unpaired) electrons. The lowest BCUT2D eigenvalue weighted by atomic mass is 9.87. The molecule has 0 aromatic carbocycles. The van der Waals surface area contributed by atoms with Crippen LogP contribution in [0, 0.1) is 5.41 Å². The van der Waals surface area contributed by atoms with Gasteiger partial charge in [-0.1, -0.05) is 26.8 Å². The molecular formula is C18H29N5O2. The molecule has 0 aliphatic carbocycles. The smallest absolute Gasteiger partial charge is 0.237 e. The molecule has 1 aromatic heterocycles. The molecule has 2 heterocycles. The summed E-state index contributed by atoms with van der Waals surface area (Å²) in [6, 6.07) is 5.25. The van der Waals surface area contributed by atoms with Gasteiger partial charge in [-0.05, 0) is 17.5 Å². The van der Waals surface area contributed by atoms with E-state index in [9.17, 15) is 9.59 Å². The Balaban J connectivity index is 1.71. The summed E-state index contributed by atoms with van der Waals surface area (Å²) < 4.78 is 0. The number of carbonyl (C=O) groups excluding carboxylic acids is 2. The van der Waals surface area contributed by atoms with E-state index in [1.165, 1.54) is 0 Å². The van der Waals surface area contributed by atoms with Gasteiger partial charge in [0.15, 0.2) is 0 Å². The van der Waals surface area contributed by atoms with E-state index in [0.29, 0.717) is 26.1 Å². The molecule has 2 amide bonds. The third-order valence-corrected chi connectivity index (χ3v) is 4.46. The quantitative estimate of drug-likeness (QED) is 0.814. The van der Waals surface area contributed by atoms with Gasteiger partial charge in [0.25, 0.3) is 0 Å². The first kappa shape index (κ1) is 19.2. The van der Waals surface area contributed by atoms with Crippen LogP contribution in [0.25, 0.3) is 0 Å². The molecule has 7 nitrogen and oxygen atoms in total. The van der Waals surface area contributed by atoms with Crippen LogP contribution in [-0.4, -0.2) is 60.5 Å². The zero-order chi connectivity index (χ0) is 18.4. The number of nitrogens with one attached hydrogen (secondary N) is 1. The molecule has 1 fully saturated rings. The standard InChI is InChI=1S/C18H29N5O2/c1-18(2,3)16(19)17(25)21-9-7-15(24)23-12-10-22(11-13-23)14-6-4-5-8-20-14/h4-6,8,16H,7,9-13,19H2,1-3H3,(H,21,25)/t16-/m1/s1. The number of anilines is 1. The molecule has 7 heteroatoms. The molecule has 1 atom stereocenters. The van der Waals surface area contributed by atoms with Gasteiger partial charge in [0.2, 0.25) is 11.8 Å². The largest absolute Gasteiger partial charge is 0.354 e. The molecule has 1 aromatic rings. The molecule has 0 unspecified atom stereocenters. The van der Waals surface area contributed by atoms with Crippen molar-refractivity contribution in [2.24, 2.45) is 11.1 Å². The fraction of sp³-hybridized carbons (Fsp3) is 0.611. The molecule has 0 bridgehead atoms. The van der Waals surface area contributed by atoms with Crippen molar-refractivity contribution in [2.45, 2.75) is 33.2 Å². The number of carbonyl (C=O) groups is 2. The SMILES string of the molecule is CC(C)(C)[C@H](N)C(=O)NCCC(=O)N1CCN(c2ccccn2)CC1. The van der Waals surface area contributed by atoms with Crippen LogP contribution in [-0.2, 0) is 9.59 Å². The van der Waals surface area contributed by atoms with Gasteiger partial charge >= 0.3 is 0 Å². The molecular weight excluding hydrogens is 318 g/mol. The van der Waals surface area contributed by atoms with Crippen molar-refractivity contribution in [1.82, 2.24) is 15.2 Å². The maximum absolute atomic E-state index is 12.3. The first-order valence-electron chi connectivity index (χ1n) is 8.76. The predicted octanol–water partition coefficient (Wildman–Crippen LogP) is 0.610. The van der Waals surface area contributed by atoms with E-state index in [1.54, 1.807) is 6.20 Å². The second-order valence-corrected chi connectivity index (χ2v) is 7.44. The minimum atomic E-state index is -0.579. The van der Waals surface area contributed by atoms with Crippen molar-refractivity contribution in [3.8, 4) is 0 Å². The molecule has 1 saturated heterocycles. The topological polar surface area (TPSA) is 91.6 Å². The summed E-state index contributed by atoms with van der Waals surface area (Å²) in [5.74, 6) is 0.795. The van der Waals surface area contributed by atoms with Crippen molar-refractivity contribution in [1.29, 1.82) is 0 Å². The van der Waals surface area contributed by atoms with Gasteiger partial charge in [0.1, 0.15) is 5.82 Å². The summed E-state index contributed by atoms with van der Waals surface area (Å²) in [5, 5.41) is 2.76. The van der Waals surface area contributed by atoms with Gasteiger partial charge in [0.05, 0.1) is 6.04 Å². The van der Waals surface area contributed by atoms with Crippen LogP contribution in [0.3, 0.4) is 0 Å². The highest BCUT2D eigenvalue weighted by Crippen LogP contribution is 2.17. The van der Waals surface area contributed by atoms with E-state index in [2.05, 4.69) is 15.2 Å². The predicted molar refractivity (Wildman–Crippen MR) is 98.1 cm³/mol. The summed E-state index contributed by atoms with van der Waals surface area (Å²) >= 11 is 0. The molecule has 1 aliphatic rings. The average Bonchev–Trinajstić information content (AvgIpc) is 2.61. The Bertz CT molecular complexity index is 577. The third-order valence-electron chi connectivity index (χ3n) is 4.46. The van der Waals surface area contributed by atoms with E-state index in [1.807, 2.05) is 43.9 Å².